The van der Waals surface area contributed by atoms with E-state index in [4.69, 9.17) is 4.74 Å². The Morgan fingerprint density at radius 3 is 2.26 bits per heavy atom. The molecule has 27 heavy (non-hydrogen) atoms. The summed E-state index contributed by atoms with van der Waals surface area (Å²) < 4.78 is 5.22. The van der Waals surface area contributed by atoms with Crippen molar-refractivity contribution in [3.05, 3.63) is 35.9 Å². The number of esters is 1. The van der Waals surface area contributed by atoms with E-state index in [1.807, 2.05) is 37.3 Å². The predicted molar refractivity (Wildman–Crippen MR) is 104 cm³/mol. The van der Waals surface area contributed by atoms with Gasteiger partial charge in [-0.05, 0) is 73.2 Å². The molecule has 1 atom stereocenters. The zero-order valence-electron chi connectivity index (χ0n) is 16.3. The van der Waals surface area contributed by atoms with Crippen LogP contribution < -0.4 is 5.32 Å². The predicted octanol–water partition coefficient (Wildman–Crippen LogP) is 4.06. The van der Waals surface area contributed by atoms with Crippen LogP contribution in [0.1, 0.15) is 63.4 Å². The summed E-state index contributed by atoms with van der Waals surface area (Å²) in [5.41, 5.74) is 1.43. The van der Waals surface area contributed by atoms with Gasteiger partial charge in [0.2, 0.25) is 0 Å². The Balaban J connectivity index is 1.19. The number of ether oxygens (including phenoxy) is 1. The lowest BCUT2D eigenvalue weighted by molar-refractivity contribution is -0.149. The molecule has 1 aromatic rings. The van der Waals surface area contributed by atoms with Gasteiger partial charge in [0, 0.05) is 6.54 Å². The number of rotatable bonds is 7. The van der Waals surface area contributed by atoms with Crippen LogP contribution in [0.3, 0.4) is 0 Å². The van der Waals surface area contributed by atoms with E-state index >= 15 is 0 Å². The number of carbonyl (C=O) groups is 2. The van der Waals surface area contributed by atoms with Crippen molar-refractivity contribution in [2.75, 3.05) is 13.2 Å². The first-order valence-electron chi connectivity index (χ1n) is 10.5. The fraction of sp³-hybridized carbons (Fsp3) is 0.652. The second-order valence-corrected chi connectivity index (χ2v) is 9.37. The van der Waals surface area contributed by atoms with E-state index in [1.165, 1.54) is 38.5 Å². The molecule has 5 rings (SSSR count). The van der Waals surface area contributed by atoms with E-state index in [0.717, 1.165) is 29.9 Å². The normalized spacial score (nSPS) is 32.1. The molecular formula is C23H31NO3. The Bertz CT molecular complexity index is 649. The molecule has 4 aliphatic carbocycles. The number of hydrogen-bond donors (Lipinski definition) is 1. The number of benzene rings is 1. The SMILES string of the molecule is C[C@H](CC(=O)OCC(=O)NCC12CC3CC(CC(C3)C1)C2)c1ccccc1. The van der Waals surface area contributed by atoms with E-state index in [9.17, 15) is 9.59 Å². The highest BCUT2D eigenvalue weighted by Crippen LogP contribution is 2.59. The van der Waals surface area contributed by atoms with Crippen molar-refractivity contribution >= 4 is 11.9 Å². The highest BCUT2D eigenvalue weighted by molar-refractivity contribution is 5.80. The summed E-state index contributed by atoms with van der Waals surface area (Å²) >= 11 is 0. The molecule has 146 valence electrons. The minimum atomic E-state index is -0.309. The van der Waals surface area contributed by atoms with Crippen molar-refractivity contribution in [2.45, 2.75) is 57.8 Å². The minimum Gasteiger partial charge on any atom is -0.456 e. The van der Waals surface area contributed by atoms with Gasteiger partial charge in [0.1, 0.15) is 0 Å². The van der Waals surface area contributed by atoms with Crippen LogP contribution in [0.4, 0.5) is 0 Å². The summed E-state index contributed by atoms with van der Waals surface area (Å²) in [6.07, 6.45) is 8.33. The van der Waals surface area contributed by atoms with Crippen molar-refractivity contribution in [2.24, 2.45) is 23.2 Å². The summed E-state index contributed by atoms with van der Waals surface area (Å²) in [7, 11) is 0. The van der Waals surface area contributed by atoms with Crippen molar-refractivity contribution in [3.8, 4) is 0 Å². The average Bonchev–Trinajstić information content (AvgIpc) is 2.64. The number of amides is 1. The fourth-order valence-corrected chi connectivity index (χ4v) is 6.20. The van der Waals surface area contributed by atoms with Crippen LogP contribution in [-0.2, 0) is 14.3 Å². The minimum absolute atomic E-state index is 0.0915. The summed E-state index contributed by atoms with van der Waals surface area (Å²) in [5.74, 6) is 2.26. The van der Waals surface area contributed by atoms with Crippen LogP contribution in [0.15, 0.2) is 30.3 Å². The van der Waals surface area contributed by atoms with Gasteiger partial charge in [-0.25, -0.2) is 0 Å². The van der Waals surface area contributed by atoms with Crippen LogP contribution in [-0.4, -0.2) is 25.0 Å². The summed E-state index contributed by atoms with van der Waals surface area (Å²) in [6, 6.07) is 9.92. The summed E-state index contributed by atoms with van der Waals surface area (Å²) in [4.78, 5) is 24.3. The lowest BCUT2D eigenvalue weighted by Crippen LogP contribution is -2.51. The van der Waals surface area contributed by atoms with Gasteiger partial charge in [0.05, 0.1) is 6.42 Å². The largest absolute Gasteiger partial charge is 0.456 e. The molecular weight excluding hydrogens is 338 g/mol. The molecule has 0 aliphatic heterocycles. The van der Waals surface area contributed by atoms with Crippen LogP contribution >= 0.6 is 0 Å². The molecule has 4 heteroatoms. The fourth-order valence-electron chi connectivity index (χ4n) is 6.20. The van der Waals surface area contributed by atoms with Gasteiger partial charge >= 0.3 is 5.97 Å². The zero-order valence-corrected chi connectivity index (χ0v) is 16.3. The molecule has 4 aliphatic rings. The third-order valence-corrected chi connectivity index (χ3v) is 7.03. The maximum absolute atomic E-state index is 12.2. The maximum atomic E-state index is 12.2. The van der Waals surface area contributed by atoms with Gasteiger partial charge in [-0.15, -0.1) is 0 Å². The standard InChI is InChI=1S/C23H31NO3/c1-16(20-5-3-2-4-6-20)7-22(26)27-14-21(25)24-15-23-11-17-8-18(12-23)10-19(9-17)13-23/h2-6,16-19H,7-15H2,1H3,(H,24,25)/t16-,17?,18?,19?,23?/m1/s1. The number of hydrogen-bond acceptors (Lipinski definition) is 3. The number of nitrogens with one attached hydrogen (secondary N) is 1. The molecule has 4 nitrogen and oxygen atoms in total. The van der Waals surface area contributed by atoms with Gasteiger partial charge in [-0.2, -0.15) is 0 Å². The van der Waals surface area contributed by atoms with Crippen LogP contribution in [0, 0.1) is 23.2 Å². The van der Waals surface area contributed by atoms with Crippen molar-refractivity contribution in [3.63, 3.8) is 0 Å². The molecule has 0 radical (unpaired) electrons. The Kier molecular flexibility index (Phi) is 5.25. The first kappa shape index (κ1) is 18.5. The first-order valence-corrected chi connectivity index (χ1v) is 10.5. The lowest BCUT2D eigenvalue weighted by Gasteiger charge is -2.56. The Labute approximate surface area is 162 Å². The van der Waals surface area contributed by atoms with Crippen LogP contribution in [0.2, 0.25) is 0 Å². The molecule has 4 bridgehead atoms. The zero-order chi connectivity index (χ0) is 18.9. The van der Waals surface area contributed by atoms with Crippen LogP contribution in [0.25, 0.3) is 0 Å². The monoisotopic (exact) mass is 369 g/mol. The molecule has 0 saturated heterocycles. The van der Waals surface area contributed by atoms with E-state index < -0.39 is 0 Å². The van der Waals surface area contributed by atoms with Crippen molar-refractivity contribution in [1.82, 2.24) is 5.32 Å². The molecule has 0 heterocycles. The van der Waals surface area contributed by atoms with Gasteiger partial charge in [0.25, 0.3) is 5.91 Å². The molecule has 1 N–H and O–H groups in total. The van der Waals surface area contributed by atoms with E-state index in [1.54, 1.807) is 0 Å². The highest BCUT2D eigenvalue weighted by Gasteiger charge is 2.50. The molecule has 0 spiro atoms. The van der Waals surface area contributed by atoms with E-state index in [2.05, 4.69) is 5.32 Å². The highest BCUT2D eigenvalue weighted by atomic mass is 16.5. The first-order chi connectivity index (χ1) is 13.0. The van der Waals surface area contributed by atoms with Crippen LogP contribution in [0.5, 0.6) is 0 Å². The molecule has 1 aromatic carbocycles. The molecule has 1 amide bonds. The number of carbonyl (C=O) groups excluding carboxylic acids is 2. The van der Waals surface area contributed by atoms with Gasteiger partial charge in [0.15, 0.2) is 6.61 Å². The van der Waals surface area contributed by atoms with Crippen molar-refractivity contribution < 1.29 is 14.3 Å². The molecule has 0 unspecified atom stereocenters. The smallest absolute Gasteiger partial charge is 0.306 e. The van der Waals surface area contributed by atoms with Gasteiger partial charge in [-0.3, -0.25) is 9.59 Å². The second-order valence-electron chi connectivity index (χ2n) is 9.37. The average molecular weight is 370 g/mol. The Morgan fingerprint density at radius 1 is 1.07 bits per heavy atom. The third kappa shape index (κ3) is 4.36. The summed E-state index contributed by atoms with van der Waals surface area (Å²) in [5, 5.41) is 3.06. The van der Waals surface area contributed by atoms with Gasteiger partial charge < -0.3 is 10.1 Å². The van der Waals surface area contributed by atoms with E-state index in [-0.39, 0.29) is 24.4 Å². The second kappa shape index (κ2) is 7.65. The summed E-state index contributed by atoms with van der Waals surface area (Å²) in [6.45, 7) is 2.60. The quantitative estimate of drug-likeness (QED) is 0.738. The Morgan fingerprint density at radius 2 is 1.67 bits per heavy atom. The van der Waals surface area contributed by atoms with Gasteiger partial charge in [-0.1, -0.05) is 37.3 Å². The van der Waals surface area contributed by atoms with Crippen molar-refractivity contribution in [1.29, 1.82) is 0 Å². The lowest BCUT2D eigenvalue weighted by atomic mass is 9.49. The Hall–Kier alpha value is -1.84. The van der Waals surface area contributed by atoms with E-state index in [0.29, 0.717) is 11.8 Å². The third-order valence-electron chi connectivity index (χ3n) is 7.03. The molecule has 0 aromatic heterocycles. The molecule has 4 saturated carbocycles. The maximum Gasteiger partial charge on any atom is 0.306 e. The molecule has 4 fully saturated rings. The topological polar surface area (TPSA) is 55.4 Å².